The summed E-state index contributed by atoms with van der Waals surface area (Å²) in [6, 6.07) is 13.5. The summed E-state index contributed by atoms with van der Waals surface area (Å²) in [5, 5.41) is 3.20. The number of benzene rings is 1. The zero-order valence-electron chi connectivity index (χ0n) is 10.6. The van der Waals surface area contributed by atoms with Crippen LogP contribution >= 0.6 is 0 Å². The van der Waals surface area contributed by atoms with Gasteiger partial charge in [0.15, 0.2) is 0 Å². The van der Waals surface area contributed by atoms with Crippen molar-refractivity contribution in [2.75, 3.05) is 11.1 Å². The van der Waals surface area contributed by atoms with Gasteiger partial charge in [-0.05, 0) is 38.1 Å². The number of pyridine rings is 1. The van der Waals surface area contributed by atoms with Crippen LogP contribution in [0.2, 0.25) is 0 Å². The molecule has 0 unspecified atom stereocenters. The van der Waals surface area contributed by atoms with Crippen molar-refractivity contribution in [1.29, 1.82) is 0 Å². The maximum atomic E-state index is 5.82. The molecule has 4 heteroatoms. The molecule has 0 aliphatic carbocycles. The molecule has 2 rings (SSSR count). The van der Waals surface area contributed by atoms with Crippen LogP contribution in [0.1, 0.15) is 13.8 Å². The third kappa shape index (κ3) is 3.13. The normalized spacial score (nSPS) is 10.4. The maximum absolute atomic E-state index is 5.82. The lowest BCUT2D eigenvalue weighted by molar-refractivity contribution is 0.234. The number of nitrogen functional groups attached to an aromatic ring is 1. The molecule has 0 saturated carbocycles. The topological polar surface area (TPSA) is 60.2 Å². The van der Waals surface area contributed by atoms with Crippen molar-refractivity contribution in [3.8, 4) is 5.88 Å². The fourth-order valence-electron chi connectivity index (χ4n) is 1.51. The summed E-state index contributed by atoms with van der Waals surface area (Å²) >= 11 is 0. The van der Waals surface area contributed by atoms with E-state index in [1.807, 2.05) is 50.2 Å². The molecule has 0 saturated heterocycles. The molecular weight excluding hydrogens is 226 g/mol. The number of nitrogens with two attached hydrogens (primary N) is 1. The number of rotatable bonds is 4. The molecule has 1 aromatic heterocycles. The lowest BCUT2D eigenvalue weighted by atomic mass is 10.3. The minimum Gasteiger partial charge on any atom is -0.473 e. The molecule has 0 atom stereocenters. The first-order valence-corrected chi connectivity index (χ1v) is 5.90. The first-order valence-electron chi connectivity index (χ1n) is 5.90. The fraction of sp³-hybridized carbons (Fsp3) is 0.214. The number of para-hydroxylation sites is 1. The van der Waals surface area contributed by atoms with E-state index < -0.39 is 0 Å². The molecule has 18 heavy (non-hydrogen) atoms. The van der Waals surface area contributed by atoms with E-state index >= 15 is 0 Å². The minimum absolute atomic E-state index is 0.0479. The first-order chi connectivity index (χ1) is 8.65. The summed E-state index contributed by atoms with van der Waals surface area (Å²) in [4.78, 5) is 4.35. The summed E-state index contributed by atoms with van der Waals surface area (Å²) in [7, 11) is 0. The third-order valence-electron chi connectivity index (χ3n) is 2.28. The zero-order valence-corrected chi connectivity index (χ0v) is 10.6. The van der Waals surface area contributed by atoms with Crippen LogP contribution in [0.25, 0.3) is 0 Å². The number of nitrogens with one attached hydrogen (secondary N) is 1. The molecule has 2 aromatic rings. The van der Waals surface area contributed by atoms with Gasteiger partial charge in [-0.15, -0.1) is 0 Å². The molecular formula is C14H17N3O. The molecule has 1 aromatic carbocycles. The van der Waals surface area contributed by atoms with Gasteiger partial charge in [0.2, 0.25) is 5.88 Å². The van der Waals surface area contributed by atoms with Crippen LogP contribution in [0.5, 0.6) is 5.88 Å². The van der Waals surface area contributed by atoms with Crippen molar-refractivity contribution in [3.05, 3.63) is 42.5 Å². The molecule has 3 N–H and O–H groups in total. The second kappa shape index (κ2) is 5.40. The Hall–Kier alpha value is -2.23. The van der Waals surface area contributed by atoms with Gasteiger partial charge in [-0.3, -0.25) is 0 Å². The van der Waals surface area contributed by atoms with Gasteiger partial charge in [0, 0.05) is 5.69 Å². The van der Waals surface area contributed by atoms with E-state index in [1.165, 1.54) is 0 Å². The average molecular weight is 243 g/mol. The predicted octanol–water partition coefficient (Wildman–Crippen LogP) is 3.19. The van der Waals surface area contributed by atoms with Gasteiger partial charge < -0.3 is 15.8 Å². The molecule has 0 bridgehead atoms. The van der Waals surface area contributed by atoms with Crippen LogP contribution in [0.3, 0.4) is 0 Å². The lowest BCUT2D eigenvalue weighted by Crippen LogP contribution is -2.09. The van der Waals surface area contributed by atoms with Crippen molar-refractivity contribution in [2.45, 2.75) is 20.0 Å². The number of hydrogen-bond acceptors (Lipinski definition) is 4. The van der Waals surface area contributed by atoms with Crippen molar-refractivity contribution in [2.24, 2.45) is 0 Å². The highest BCUT2D eigenvalue weighted by atomic mass is 16.5. The Morgan fingerprint density at radius 3 is 2.50 bits per heavy atom. The molecule has 0 aliphatic heterocycles. The Bertz CT molecular complexity index is 512. The average Bonchev–Trinajstić information content (AvgIpc) is 2.34. The van der Waals surface area contributed by atoms with Crippen LogP contribution < -0.4 is 15.8 Å². The van der Waals surface area contributed by atoms with Crippen LogP contribution in [0.15, 0.2) is 42.5 Å². The second-order valence-electron chi connectivity index (χ2n) is 4.25. The van der Waals surface area contributed by atoms with Crippen LogP contribution in [-0.2, 0) is 0 Å². The van der Waals surface area contributed by atoms with E-state index in [4.69, 9.17) is 10.5 Å². The smallest absolute Gasteiger partial charge is 0.239 e. The Kier molecular flexibility index (Phi) is 3.67. The van der Waals surface area contributed by atoms with Crippen molar-refractivity contribution >= 4 is 17.2 Å². The largest absolute Gasteiger partial charge is 0.473 e. The molecule has 0 radical (unpaired) electrons. The lowest BCUT2D eigenvalue weighted by Gasteiger charge is -2.13. The summed E-state index contributed by atoms with van der Waals surface area (Å²) in [5.41, 5.74) is 7.34. The summed E-state index contributed by atoms with van der Waals surface area (Å²) in [6.45, 7) is 3.89. The van der Waals surface area contributed by atoms with E-state index in [0.29, 0.717) is 17.4 Å². The van der Waals surface area contributed by atoms with Gasteiger partial charge in [0.05, 0.1) is 11.8 Å². The van der Waals surface area contributed by atoms with Crippen molar-refractivity contribution in [3.63, 3.8) is 0 Å². The van der Waals surface area contributed by atoms with Crippen LogP contribution in [-0.4, -0.2) is 11.1 Å². The van der Waals surface area contributed by atoms with Gasteiger partial charge in [-0.2, -0.15) is 4.98 Å². The zero-order chi connectivity index (χ0) is 13.0. The fourth-order valence-corrected chi connectivity index (χ4v) is 1.51. The molecule has 0 aliphatic rings. The van der Waals surface area contributed by atoms with E-state index in [1.54, 1.807) is 6.07 Å². The van der Waals surface area contributed by atoms with Gasteiger partial charge in [0.25, 0.3) is 0 Å². The highest BCUT2D eigenvalue weighted by Gasteiger charge is 2.06. The SMILES string of the molecule is CC(C)Oc1nc(Nc2ccccc2)ccc1N. The predicted molar refractivity (Wildman–Crippen MR) is 74.1 cm³/mol. The first kappa shape index (κ1) is 12.2. The van der Waals surface area contributed by atoms with E-state index in [-0.39, 0.29) is 6.10 Å². The second-order valence-corrected chi connectivity index (χ2v) is 4.25. The van der Waals surface area contributed by atoms with Gasteiger partial charge in [0.1, 0.15) is 5.82 Å². The monoisotopic (exact) mass is 243 g/mol. The molecule has 1 heterocycles. The number of aromatic nitrogens is 1. The third-order valence-corrected chi connectivity index (χ3v) is 2.28. The van der Waals surface area contributed by atoms with Gasteiger partial charge >= 0.3 is 0 Å². The van der Waals surface area contributed by atoms with Crippen molar-refractivity contribution in [1.82, 2.24) is 4.98 Å². The molecule has 0 fully saturated rings. The Labute approximate surface area is 107 Å². The maximum Gasteiger partial charge on any atom is 0.239 e. The number of hydrogen-bond donors (Lipinski definition) is 2. The summed E-state index contributed by atoms with van der Waals surface area (Å²) < 4.78 is 5.55. The summed E-state index contributed by atoms with van der Waals surface area (Å²) in [5.74, 6) is 1.18. The summed E-state index contributed by atoms with van der Waals surface area (Å²) in [6.07, 6.45) is 0.0479. The van der Waals surface area contributed by atoms with E-state index in [2.05, 4.69) is 10.3 Å². The molecule has 94 valence electrons. The highest BCUT2D eigenvalue weighted by molar-refractivity contribution is 5.60. The van der Waals surface area contributed by atoms with Crippen LogP contribution in [0, 0.1) is 0 Å². The highest BCUT2D eigenvalue weighted by Crippen LogP contribution is 2.23. The molecule has 4 nitrogen and oxygen atoms in total. The Balaban J connectivity index is 2.19. The quantitative estimate of drug-likeness (QED) is 0.865. The van der Waals surface area contributed by atoms with Crippen LogP contribution in [0.4, 0.5) is 17.2 Å². The number of anilines is 3. The minimum atomic E-state index is 0.0479. The Morgan fingerprint density at radius 2 is 1.83 bits per heavy atom. The standard InChI is InChI=1S/C14H17N3O/c1-10(2)18-14-12(15)8-9-13(17-14)16-11-6-4-3-5-7-11/h3-10H,15H2,1-2H3,(H,16,17). The van der Waals surface area contributed by atoms with E-state index in [9.17, 15) is 0 Å². The Morgan fingerprint density at radius 1 is 1.11 bits per heavy atom. The number of nitrogens with zero attached hydrogens (tertiary/aromatic N) is 1. The molecule has 0 spiro atoms. The molecule has 0 amide bonds. The van der Waals surface area contributed by atoms with Gasteiger partial charge in [-0.1, -0.05) is 18.2 Å². The van der Waals surface area contributed by atoms with Crippen molar-refractivity contribution < 1.29 is 4.74 Å². The number of ether oxygens (including phenoxy) is 1. The van der Waals surface area contributed by atoms with Gasteiger partial charge in [-0.25, -0.2) is 0 Å². The van der Waals surface area contributed by atoms with E-state index in [0.717, 1.165) is 5.69 Å².